The Kier molecular flexibility index (Phi) is 6.32. The average molecular weight is 437 g/mol. The SMILES string of the molecule is N#Cc1ccc(N2CCCN(C(=O)Cc3csc(-c4ccccc4Cl)n3)CC2)cc1. The minimum absolute atomic E-state index is 0.104. The maximum atomic E-state index is 12.9. The van der Waals surface area contributed by atoms with Crippen molar-refractivity contribution in [2.24, 2.45) is 0 Å². The molecule has 30 heavy (non-hydrogen) atoms. The molecule has 2 heterocycles. The summed E-state index contributed by atoms with van der Waals surface area (Å²) in [7, 11) is 0. The van der Waals surface area contributed by atoms with E-state index < -0.39 is 0 Å². The molecule has 2 aromatic carbocycles. The van der Waals surface area contributed by atoms with E-state index in [0.29, 0.717) is 23.6 Å². The highest BCUT2D eigenvalue weighted by Gasteiger charge is 2.20. The highest BCUT2D eigenvalue weighted by molar-refractivity contribution is 7.13. The summed E-state index contributed by atoms with van der Waals surface area (Å²) in [5.41, 5.74) is 3.43. The van der Waals surface area contributed by atoms with E-state index in [1.54, 1.807) is 0 Å². The van der Waals surface area contributed by atoms with E-state index in [1.165, 1.54) is 11.3 Å². The fraction of sp³-hybridized carbons (Fsp3) is 0.261. The molecule has 1 saturated heterocycles. The van der Waals surface area contributed by atoms with Crippen LogP contribution >= 0.6 is 22.9 Å². The van der Waals surface area contributed by atoms with Crippen LogP contribution in [-0.2, 0) is 11.2 Å². The summed E-state index contributed by atoms with van der Waals surface area (Å²) in [4.78, 5) is 21.7. The molecule has 152 valence electrons. The zero-order valence-corrected chi connectivity index (χ0v) is 18.0. The number of nitriles is 1. The Balaban J connectivity index is 1.37. The Morgan fingerprint density at radius 3 is 2.67 bits per heavy atom. The van der Waals surface area contributed by atoms with Gasteiger partial charge in [-0.25, -0.2) is 4.98 Å². The second kappa shape index (κ2) is 9.29. The lowest BCUT2D eigenvalue weighted by Gasteiger charge is -2.23. The third-order valence-electron chi connectivity index (χ3n) is 5.20. The molecular formula is C23H21ClN4OS. The largest absolute Gasteiger partial charge is 0.370 e. The van der Waals surface area contributed by atoms with Gasteiger partial charge >= 0.3 is 0 Å². The van der Waals surface area contributed by atoms with Gasteiger partial charge in [-0.2, -0.15) is 5.26 Å². The molecule has 0 saturated carbocycles. The highest BCUT2D eigenvalue weighted by atomic mass is 35.5. The van der Waals surface area contributed by atoms with Crippen LogP contribution in [0.25, 0.3) is 10.6 Å². The number of amides is 1. The second-order valence-electron chi connectivity index (χ2n) is 7.18. The lowest BCUT2D eigenvalue weighted by Crippen LogP contribution is -2.36. The number of thiazole rings is 1. The number of anilines is 1. The van der Waals surface area contributed by atoms with E-state index in [1.807, 2.05) is 58.8 Å². The van der Waals surface area contributed by atoms with Crippen molar-refractivity contribution in [3.63, 3.8) is 0 Å². The Morgan fingerprint density at radius 1 is 1.10 bits per heavy atom. The van der Waals surface area contributed by atoms with Crippen LogP contribution in [0.1, 0.15) is 17.7 Å². The highest BCUT2D eigenvalue weighted by Crippen LogP contribution is 2.30. The summed E-state index contributed by atoms with van der Waals surface area (Å²) in [6, 6.07) is 17.4. The number of carbonyl (C=O) groups excluding carboxylic acids is 1. The van der Waals surface area contributed by atoms with Gasteiger partial charge in [-0.1, -0.05) is 29.8 Å². The summed E-state index contributed by atoms with van der Waals surface area (Å²) < 4.78 is 0. The van der Waals surface area contributed by atoms with Gasteiger partial charge in [0.1, 0.15) is 5.01 Å². The third kappa shape index (κ3) is 4.64. The van der Waals surface area contributed by atoms with Crippen LogP contribution in [0.4, 0.5) is 5.69 Å². The van der Waals surface area contributed by atoms with E-state index in [9.17, 15) is 4.79 Å². The Bertz CT molecular complexity index is 1070. The van der Waals surface area contributed by atoms with E-state index in [2.05, 4.69) is 16.0 Å². The number of rotatable bonds is 4. The van der Waals surface area contributed by atoms with E-state index in [4.69, 9.17) is 16.9 Å². The Labute approximate surface area is 185 Å². The first-order valence-corrected chi connectivity index (χ1v) is 11.1. The van der Waals surface area contributed by atoms with Crippen molar-refractivity contribution in [2.45, 2.75) is 12.8 Å². The van der Waals surface area contributed by atoms with E-state index in [0.717, 1.165) is 48.0 Å². The van der Waals surface area contributed by atoms with Crippen molar-refractivity contribution in [3.8, 4) is 16.6 Å². The molecule has 7 heteroatoms. The molecule has 0 spiro atoms. The predicted molar refractivity (Wildman–Crippen MR) is 121 cm³/mol. The first kappa shape index (κ1) is 20.4. The van der Waals surface area contributed by atoms with Crippen LogP contribution < -0.4 is 4.90 Å². The number of halogens is 1. The summed E-state index contributed by atoms with van der Waals surface area (Å²) in [5, 5.41) is 12.4. The zero-order valence-electron chi connectivity index (χ0n) is 16.4. The maximum Gasteiger partial charge on any atom is 0.228 e. The van der Waals surface area contributed by atoms with Crippen molar-refractivity contribution >= 4 is 34.5 Å². The van der Waals surface area contributed by atoms with Gasteiger partial charge in [0, 0.05) is 42.8 Å². The molecule has 0 radical (unpaired) electrons. The molecule has 0 bridgehead atoms. The van der Waals surface area contributed by atoms with Crippen LogP contribution in [0.2, 0.25) is 5.02 Å². The topological polar surface area (TPSA) is 60.2 Å². The van der Waals surface area contributed by atoms with E-state index >= 15 is 0 Å². The number of carbonyl (C=O) groups is 1. The smallest absolute Gasteiger partial charge is 0.228 e. The monoisotopic (exact) mass is 436 g/mol. The molecule has 0 atom stereocenters. The predicted octanol–water partition coefficient (Wildman–Crippen LogP) is 4.62. The summed E-state index contributed by atoms with van der Waals surface area (Å²) in [6.45, 7) is 3.09. The van der Waals surface area contributed by atoms with Crippen molar-refractivity contribution in [1.82, 2.24) is 9.88 Å². The van der Waals surface area contributed by atoms with Crippen LogP contribution in [0, 0.1) is 11.3 Å². The molecule has 4 rings (SSSR count). The van der Waals surface area contributed by atoms with Gasteiger partial charge in [0.05, 0.1) is 28.8 Å². The number of hydrogen-bond donors (Lipinski definition) is 0. The van der Waals surface area contributed by atoms with Gasteiger partial charge in [0.2, 0.25) is 5.91 Å². The summed E-state index contributed by atoms with van der Waals surface area (Å²) in [5.74, 6) is 0.104. The zero-order chi connectivity index (χ0) is 20.9. The van der Waals surface area contributed by atoms with Gasteiger partial charge in [-0.3, -0.25) is 4.79 Å². The fourth-order valence-electron chi connectivity index (χ4n) is 3.59. The first-order chi connectivity index (χ1) is 14.6. The molecule has 1 aliphatic rings. The van der Waals surface area contributed by atoms with Crippen molar-refractivity contribution in [3.05, 3.63) is 70.2 Å². The van der Waals surface area contributed by atoms with Crippen molar-refractivity contribution < 1.29 is 4.79 Å². The maximum absolute atomic E-state index is 12.9. The number of nitrogens with zero attached hydrogens (tertiary/aromatic N) is 4. The standard InChI is InChI=1S/C23H21ClN4OS/c24-21-5-2-1-4-20(21)23-26-18(16-30-23)14-22(29)28-11-3-10-27(12-13-28)19-8-6-17(15-25)7-9-19/h1-2,4-9,16H,3,10-14H2. The van der Waals surface area contributed by atoms with Crippen molar-refractivity contribution in [1.29, 1.82) is 5.26 Å². The number of benzene rings is 2. The molecule has 0 unspecified atom stereocenters. The van der Waals surface area contributed by atoms with Crippen LogP contribution in [-0.4, -0.2) is 42.0 Å². The molecular weight excluding hydrogens is 416 g/mol. The molecule has 0 N–H and O–H groups in total. The van der Waals surface area contributed by atoms with E-state index in [-0.39, 0.29) is 5.91 Å². The molecule has 1 aliphatic heterocycles. The van der Waals surface area contributed by atoms with Gasteiger partial charge < -0.3 is 9.80 Å². The molecule has 5 nitrogen and oxygen atoms in total. The number of aromatic nitrogens is 1. The van der Waals surface area contributed by atoms with Gasteiger partial charge in [0.15, 0.2) is 0 Å². The molecule has 1 fully saturated rings. The van der Waals surface area contributed by atoms with Gasteiger partial charge in [0.25, 0.3) is 0 Å². The minimum atomic E-state index is 0.104. The first-order valence-electron chi connectivity index (χ1n) is 9.86. The van der Waals surface area contributed by atoms with Crippen LogP contribution in [0.3, 0.4) is 0 Å². The lowest BCUT2D eigenvalue weighted by molar-refractivity contribution is -0.130. The molecule has 1 amide bonds. The van der Waals surface area contributed by atoms with Gasteiger partial charge in [-0.15, -0.1) is 11.3 Å². The third-order valence-corrected chi connectivity index (χ3v) is 6.45. The molecule has 3 aromatic rings. The number of hydrogen-bond acceptors (Lipinski definition) is 5. The molecule has 1 aromatic heterocycles. The average Bonchev–Trinajstić information content (AvgIpc) is 3.08. The molecule has 0 aliphatic carbocycles. The lowest BCUT2D eigenvalue weighted by atomic mass is 10.2. The Morgan fingerprint density at radius 2 is 1.90 bits per heavy atom. The van der Waals surface area contributed by atoms with Crippen molar-refractivity contribution in [2.75, 3.05) is 31.1 Å². The summed E-state index contributed by atoms with van der Waals surface area (Å²) in [6.07, 6.45) is 1.21. The summed E-state index contributed by atoms with van der Waals surface area (Å²) >= 11 is 7.78. The van der Waals surface area contributed by atoms with Crippen LogP contribution in [0.15, 0.2) is 53.9 Å². The minimum Gasteiger partial charge on any atom is -0.370 e. The van der Waals surface area contributed by atoms with Gasteiger partial charge in [-0.05, 0) is 36.8 Å². The second-order valence-corrected chi connectivity index (χ2v) is 8.45. The van der Waals surface area contributed by atoms with Crippen LogP contribution in [0.5, 0.6) is 0 Å². The quantitative estimate of drug-likeness (QED) is 0.598. The Hall–Kier alpha value is -2.88. The fourth-order valence-corrected chi connectivity index (χ4v) is 4.73. The normalized spacial score (nSPS) is 14.3.